The van der Waals surface area contributed by atoms with E-state index in [1.807, 2.05) is 13.1 Å². The Labute approximate surface area is 122 Å². The summed E-state index contributed by atoms with van der Waals surface area (Å²) in [5.41, 5.74) is 0. The van der Waals surface area contributed by atoms with Crippen molar-refractivity contribution in [2.45, 2.75) is 45.1 Å². The zero-order chi connectivity index (χ0) is 14.5. The van der Waals surface area contributed by atoms with Crippen molar-refractivity contribution in [3.63, 3.8) is 0 Å². The van der Waals surface area contributed by atoms with Crippen LogP contribution in [-0.4, -0.2) is 48.1 Å². The van der Waals surface area contributed by atoms with Crippen LogP contribution >= 0.6 is 0 Å². The van der Waals surface area contributed by atoms with E-state index in [1.54, 1.807) is 0 Å². The van der Waals surface area contributed by atoms with Gasteiger partial charge in [-0.05, 0) is 33.2 Å². The third-order valence-electron chi connectivity index (χ3n) is 4.06. The highest BCUT2D eigenvalue weighted by atomic mass is 15.1. The summed E-state index contributed by atoms with van der Waals surface area (Å²) in [4.78, 5) is 11.5. The molecule has 1 aliphatic carbocycles. The number of hydrogen-bond acceptors (Lipinski definition) is 5. The Morgan fingerprint density at radius 1 is 1.35 bits per heavy atom. The van der Waals surface area contributed by atoms with E-state index in [4.69, 9.17) is 0 Å². The third-order valence-corrected chi connectivity index (χ3v) is 4.06. The fraction of sp³-hybridized carbons (Fsp3) is 0.733. The minimum Gasteiger partial charge on any atom is -0.373 e. The zero-order valence-electron chi connectivity index (χ0n) is 13.1. The van der Waals surface area contributed by atoms with Gasteiger partial charge >= 0.3 is 0 Å². The maximum atomic E-state index is 4.62. The van der Waals surface area contributed by atoms with Crippen molar-refractivity contribution in [2.75, 3.05) is 37.8 Å². The highest BCUT2D eigenvalue weighted by Crippen LogP contribution is 2.38. The number of rotatable bonds is 8. The first-order valence-electron chi connectivity index (χ1n) is 7.64. The number of anilines is 2. The molecule has 5 heteroatoms. The summed E-state index contributed by atoms with van der Waals surface area (Å²) in [5, 5.41) is 6.53. The lowest BCUT2D eigenvalue weighted by molar-refractivity contribution is 0.261. The summed E-state index contributed by atoms with van der Waals surface area (Å²) in [6, 6.07) is 2.60. The molecule has 0 spiro atoms. The van der Waals surface area contributed by atoms with Crippen molar-refractivity contribution in [2.24, 2.45) is 0 Å². The highest BCUT2D eigenvalue weighted by Gasteiger charge is 2.27. The predicted octanol–water partition coefficient (Wildman–Crippen LogP) is 2.54. The second-order valence-corrected chi connectivity index (χ2v) is 5.69. The minimum atomic E-state index is 0.576. The Bertz CT molecular complexity index is 430. The number of nitrogens with one attached hydrogen (secondary N) is 2. The summed E-state index contributed by atoms with van der Waals surface area (Å²) in [5.74, 6) is 3.39. The van der Waals surface area contributed by atoms with Crippen molar-refractivity contribution in [3.8, 4) is 0 Å². The van der Waals surface area contributed by atoms with E-state index in [1.165, 1.54) is 19.3 Å². The van der Waals surface area contributed by atoms with Crippen LogP contribution in [0.1, 0.15) is 44.9 Å². The second-order valence-electron chi connectivity index (χ2n) is 5.69. The third kappa shape index (κ3) is 4.07. The largest absolute Gasteiger partial charge is 0.373 e. The SMILES string of the molecule is CCC(C)N(C)CCNc1cc(NC)nc(C2CC2)n1. The summed E-state index contributed by atoms with van der Waals surface area (Å²) >= 11 is 0. The van der Waals surface area contributed by atoms with Crippen LogP contribution in [0.5, 0.6) is 0 Å². The van der Waals surface area contributed by atoms with Crippen LogP contribution in [-0.2, 0) is 0 Å². The van der Waals surface area contributed by atoms with Crippen LogP contribution in [0.15, 0.2) is 6.07 Å². The van der Waals surface area contributed by atoms with Crippen LogP contribution in [0.4, 0.5) is 11.6 Å². The lowest BCUT2D eigenvalue weighted by Gasteiger charge is -2.23. The van der Waals surface area contributed by atoms with Crippen molar-refractivity contribution in [3.05, 3.63) is 11.9 Å². The van der Waals surface area contributed by atoms with Gasteiger partial charge in [0.25, 0.3) is 0 Å². The first kappa shape index (κ1) is 15.0. The normalized spacial score (nSPS) is 16.2. The van der Waals surface area contributed by atoms with Gasteiger partial charge in [-0.3, -0.25) is 0 Å². The quantitative estimate of drug-likeness (QED) is 0.765. The standard InChI is InChI=1S/C15H27N5/c1-5-11(2)20(4)9-8-17-14-10-13(16-3)18-15(19-14)12-6-7-12/h10-12H,5-9H2,1-4H3,(H2,16,17,18,19). The predicted molar refractivity (Wildman–Crippen MR) is 84.4 cm³/mol. The van der Waals surface area contributed by atoms with Crippen molar-refractivity contribution >= 4 is 11.6 Å². The smallest absolute Gasteiger partial charge is 0.136 e. The molecule has 0 aliphatic heterocycles. The molecule has 1 aromatic rings. The van der Waals surface area contributed by atoms with Gasteiger partial charge in [0.05, 0.1) is 0 Å². The lowest BCUT2D eigenvalue weighted by atomic mass is 10.2. The topological polar surface area (TPSA) is 53.1 Å². The number of aromatic nitrogens is 2. The average Bonchev–Trinajstić information content (AvgIpc) is 3.30. The first-order valence-corrected chi connectivity index (χ1v) is 7.64. The summed E-state index contributed by atoms with van der Waals surface area (Å²) in [7, 11) is 4.07. The molecular formula is C15H27N5. The summed E-state index contributed by atoms with van der Waals surface area (Å²) < 4.78 is 0. The first-order chi connectivity index (χ1) is 9.63. The molecule has 5 nitrogen and oxygen atoms in total. The average molecular weight is 277 g/mol. The van der Waals surface area contributed by atoms with Crippen molar-refractivity contribution in [1.82, 2.24) is 14.9 Å². The van der Waals surface area contributed by atoms with Gasteiger partial charge in [0.15, 0.2) is 0 Å². The molecule has 0 bridgehead atoms. The zero-order valence-corrected chi connectivity index (χ0v) is 13.1. The van der Waals surface area contributed by atoms with E-state index in [2.05, 4.69) is 46.4 Å². The van der Waals surface area contributed by atoms with Crippen LogP contribution < -0.4 is 10.6 Å². The van der Waals surface area contributed by atoms with Gasteiger partial charge < -0.3 is 15.5 Å². The summed E-state index contributed by atoms with van der Waals surface area (Å²) in [6.45, 7) is 6.41. The van der Waals surface area contributed by atoms with Gasteiger partial charge in [0.1, 0.15) is 17.5 Å². The van der Waals surface area contributed by atoms with Crippen molar-refractivity contribution < 1.29 is 0 Å². The van der Waals surface area contributed by atoms with Gasteiger partial charge in [0.2, 0.25) is 0 Å². The fourth-order valence-corrected chi connectivity index (χ4v) is 2.10. The Balaban J connectivity index is 1.90. The Hall–Kier alpha value is -1.36. The molecule has 0 amide bonds. The van der Waals surface area contributed by atoms with Gasteiger partial charge in [-0.1, -0.05) is 6.92 Å². The van der Waals surface area contributed by atoms with E-state index in [9.17, 15) is 0 Å². The molecule has 1 heterocycles. The maximum absolute atomic E-state index is 4.62. The van der Waals surface area contributed by atoms with Crippen LogP contribution in [0.2, 0.25) is 0 Å². The molecule has 1 unspecified atom stereocenters. The number of likely N-dealkylation sites (N-methyl/N-ethyl adjacent to an activating group) is 1. The molecule has 1 atom stereocenters. The van der Waals surface area contributed by atoms with Crippen LogP contribution in [0.25, 0.3) is 0 Å². The van der Waals surface area contributed by atoms with E-state index in [-0.39, 0.29) is 0 Å². The molecule has 1 aliphatic rings. The summed E-state index contributed by atoms with van der Waals surface area (Å²) in [6.07, 6.45) is 3.63. The molecule has 2 N–H and O–H groups in total. The minimum absolute atomic E-state index is 0.576. The van der Waals surface area contributed by atoms with E-state index in [0.29, 0.717) is 12.0 Å². The molecule has 2 rings (SSSR count). The van der Waals surface area contributed by atoms with Gasteiger partial charge in [-0.15, -0.1) is 0 Å². The van der Waals surface area contributed by atoms with Gasteiger partial charge in [-0.2, -0.15) is 0 Å². The van der Waals surface area contributed by atoms with E-state index >= 15 is 0 Å². The maximum Gasteiger partial charge on any atom is 0.136 e. The molecule has 20 heavy (non-hydrogen) atoms. The Kier molecular flexibility index (Phi) is 5.17. The van der Waals surface area contributed by atoms with E-state index in [0.717, 1.165) is 30.5 Å². The second kappa shape index (κ2) is 6.88. The molecule has 0 aromatic carbocycles. The Morgan fingerprint density at radius 3 is 2.65 bits per heavy atom. The highest BCUT2D eigenvalue weighted by molar-refractivity contribution is 5.47. The Morgan fingerprint density at radius 2 is 2.05 bits per heavy atom. The van der Waals surface area contributed by atoms with Gasteiger partial charge in [-0.25, -0.2) is 9.97 Å². The molecule has 0 saturated heterocycles. The molecule has 1 saturated carbocycles. The molecule has 1 aromatic heterocycles. The van der Waals surface area contributed by atoms with E-state index < -0.39 is 0 Å². The lowest BCUT2D eigenvalue weighted by Crippen LogP contribution is -2.32. The molecular weight excluding hydrogens is 250 g/mol. The molecule has 112 valence electrons. The van der Waals surface area contributed by atoms with Crippen LogP contribution in [0, 0.1) is 0 Å². The molecule has 0 radical (unpaired) electrons. The van der Waals surface area contributed by atoms with Crippen molar-refractivity contribution in [1.29, 1.82) is 0 Å². The monoisotopic (exact) mass is 277 g/mol. The number of nitrogens with zero attached hydrogens (tertiary/aromatic N) is 3. The van der Waals surface area contributed by atoms with Gasteiger partial charge in [0, 0.05) is 38.2 Å². The van der Waals surface area contributed by atoms with Crippen LogP contribution in [0.3, 0.4) is 0 Å². The number of hydrogen-bond donors (Lipinski definition) is 2. The molecule has 1 fully saturated rings. The fourth-order valence-electron chi connectivity index (χ4n) is 2.10.